The molecule has 1 heterocycles. The van der Waals surface area contributed by atoms with Crippen LogP contribution in [0.3, 0.4) is 0 Å². The molecule has 0 bridgehead atoms. The molecule has 1 aliphatic heterocycles. The molecular weight excluding hydrogens is 190 g/mol. The van der Waals surface area contributed by atoms with Crippen LogP contribution in [0.1, 0.15) is 24.5 Å². The van der Waals surface area contributed by atoms with Gasteiger partial charge in [0.15, 0.2) is 0 Å². The Balaban J connectivity index is 2.36. The highest BCUT2D eigenvalue weighted by Gasteiger charge is 2.13. The second kappa shape index (κ2) is 3.93. The number of ether oxygens (including phenoxy) is 1. The van der Waals surface area contributed by atoms with E-state index in [9.17, 15) is 4.79 Å². The zero-order chi connectivity index (χ0) is 10.8. The van der Waals surface area contributed by atoms with Crippen LogP contribution >= 0.6 is 0 Å². The second-order valence-corrected chi connectivity index (χ2v) is 3.91. The minimum atomic E-state index is -0.0326. The summed E-state index contributed by atoms with van der Waals surface area (Å²) in [5.74, 6) is 0.933. The number of hydrogen-bond donors (Lipinski definition) is 1. The summed E-state index contributed by atoms with van der Waals surface area (Å²) >= 11 is 0. The molecule has 1 aliphatic rings. The van der Waals surface area contributed by atoms with Gasteiger partial charge in [-0.15, -0.1) is 0 Å². The number of rotatable bonds is 1. The summed E-state index contributed by atoms with van der Waals surface area (Å²) in [4.78, 5) is 11.0. The molecule has 80 valence electrons. The normalized spacial score (nSPS) is 14.0. The number of benzene rings is 1. The number of aryl methyl sites for hydroxylation is 2. The minimum absolute atomic E-state index is 0.0326. The smallest absolute Gasteiger partial charge is 0.221 e. The summed E-state index contributed by atoms with van der Waals surface area (Å²) in [6, 6.07) is 4.02. The van der Waals surface area contributed by atoms with Gasteiger partial charge in [0.2, 0.25) is 5.91 Å². The van der Waals surface area contributed by atoms with Gasteiger partial charge < -0.3 is 10.1 Å². The van der Waals surface area contributed by atoms with Crippen molar-refractivity contribution in [3.63, 3.8) is 0 Å². The van der Waals surface area contributed by atoms with Crippen molar-refractivity contribution in [2.75, 3.05) is 11.9 Å². The fourth-order valence-electron chi connectivity index (χ4n) is 1.83. The fourth-order valence-corrected chi connectivity index (χ4v) is 1.83. The predicted octanol–water partition coefficient (Wildman–Crippen LogP) is 2.28. The van der Waals surface area contributed by atoms with E-state index in [1.807, 2.05) is 19.1 Å². The van der Waals surface area contributed by atoms with Crippen LogP contribution < -0.4 is 10.1 Å². The minimum Gasteiger partial charge on any atom is -0.493 e. The molecule has 0 atom stereocenters. The molecule has 0 aliphatic carbocycles. The van der Waals surface area contributed by atoms with Crippen molar-refractivity contribution in [1.82, 2.24) is 0 Å². The molecule has 3 heteroatoms. The van der Waals surface area contributed by atoms with Gasteiger partial charge in [0.1, 0.15) is 5.75 Å². The first-order valence-electron chi connectivity index (χ1n) is 5.21. The van der Waals surface area contributed by atoms with Gasteiger partial charge in [-0.1, -0.05) is 0 Å². The number of nitrogens with one attached hydrogen (secondary N) is 1. The molecule has 0 aromatic heterocycles. The Morgan fingerprint density at radius 3 is 3.00 bits per heavy atom. The lowest BCUT2D eigenvalue weighted by Crippen LogP contribution is -2.12. The van der Waals surface area contributed by atoms with Crippen molar-refractivity contribution in [2.45, 2.75) is 26.7 Å². The van der Waals surface area contributed by atoms with Gasteiger partial charge in [0, 0.05) is 12.6 Å². The molecular formula is C12H15NO2. The first kappa shape index (κ1) is 10.0. The fraction of sp³-hybridized carbons (Fsp3) is 0.417. The van der Waals surface area contributed by atoms with Crippen LogP contribution in [0.15, 0.2) is 12.1 Å². The monoisotopic (exact) mass is 205 g/mol. The SMILES string of the molecule is CC(=O)Nc1cc2c(cc1C)OCCC2. The Bertz CT molecular complexity index is 399. The second-order valence-electron chi connectivity index (χ2n) is 3.91. The van der Waals surface area contributed by atoms with Crippen LogP contribution in [0.5, 0.6) is 5.75 Å². The molecule has 3 nitrogen and oxygen atoms in total. The average Bonchev–Trinajstić information content (AvgIpc) is 2.18. The molecule has 0 radical (unpaired) electrons. The van der Waals surface area contributed by atoms with Gasteiger partial charge in [0.25, 0.3) is 0 Å². The molecule has 1 aromatic rings. The topological polar surface area (TPSA) is 38.3 Å². The largest absolute Gasteiger partial charge is 0.493 e. The van der Waals surface area contributed by atoms with E-state index < -0.39 is 0 Å². The molecule has 2 rings (SSSR count). The van der Waals surface area contributed by atoms with Crippen molar-refractivity contribution in [2.24, 2.45) is 0 Å². The van der Waals surface area contributed by atoms with E-state index in [1.165, 1.54) is 12.5 Å². The molecule has 1 aromatic carbocycles. The Hall–Kier alpha value is -1.51. The van der Waals surface area contributed by atoms with Crippen molar-refractivity contribution in [3.05, 3.63) is 23.3 Å². The number of hydrogen-bond acceptors (Lipinski definition) is 2. The van der Waals surface area contributed by atoms with Gasteiger partial charge in [-0.3, -0.25) is 4.79 Å². The summed E-state index contributed by atoms with van der Waals surface area (Å²) in [6.45, 7) is 4.30. The van der Waals surface area contributed by atoms with E-state index in [0.717, 1.165) is 36.4 Å². The van der Waals surface area contributed by atoms with Gasteiger partial charge in [-0.25, -0.2) is 0 Å². The number of anilines is 1. The van der Waals surface area contributed by atoms with Crippen LogP contribution in [0, 0.1) is 6.92 Å². The molecule has 1 amide bonds. The molecule has 0 unspecified atom stereocenters. The summed E-state index contributed by atoms with van der Waals surface area (Å²) < 4.78 is 5.55. The van der Waals surface area contributed by atoms with Crippen molar-refractivity contribution in [1.29, 1.82) is 0 Å². The first-order chi connectivity index (χ1) is 7.16. The maximum atomic E-state index is 11.0. The summed E-state index contributed by atoms with van der Waals surface area (Å²) in [5, 5.41) is 2.83. The van der Waals surface area contributed by atoms with Crippen LogP contribution in [0.4, 0.5) is 5.69 Å². The Kier molecular flexibility index (Phi) is 2.62. The van der Waals surface area contributed by atoms with E-state index in [0.29, 0.717) is 0 Å². The summed E-state index contributed by atoms with van der Waals surface area (Å²) in [5.41, 5.74) is 3.13. The predicted molar refractivity (Wildman–Crippen MR) is 59.3 cm³/mol. The molecule has 1 N–H and O–H groups in total. The van der Waals surface area contributed by atoms with Gasteiger partial charge in [-0.2, -0.15) is 0 Å². The van der Waals surface area contributed by atoms with E-state index in [2.05, 4.69) is 5.32 Å². The van der Waals surface area contributed by atoms with E-state index >= 15 is 0 Å². The van der Waals surface area contributed by atoms with E-state index in [1.54, 1.807) is 0 Å². The zero-order valence-corrected chi connectivity index (χ0v) is 9.09. The number of amides is 1. The van der Waals surface area contributed by atoms with Crippen LogP contribution in [-0.2, 0) is 11.2 Å². The molecule has 15 heavy (non-hydrogen) atoms. The zero-order valence-electron chi connectivity index (χ0n) is 9.09. The molecule has 0 saturated carbocycles. The first-order valence-corrected chi connectivity index (χ1v) is 5.21. The number of carbonyl (C=O) groups is 1. The quantitative estimate of drug-likeness (QED) is 0.763. The van der Waals surface area contributed by atoms with Gasteiger partial charge in [-0.05, 0) is 43.0 Å². The van der Waals surface area contributed by atoms with Gasteiger partial charge in [0.05, 0.1) is 6.61 Å². The highest BCUT2D eigenvalue weighted by Crippen LogP contribution is 2.30. The molecule has 0 fully saturated rings. The number of fused-ring (bicyclic) bond motifs is 1. The Labute approximate surface area is 89.4 Å². The van der Waals surface area contributed by atoms with Crippen molar-refractivity contribution in [3.8, 4) is 5.75 Å². The molecule has 0 spiro atoms. The van der Waals surface area contributed by atoms with Gasteiger partial charge >= 0.3 is 0 Å². The highest BCUT2D eigenvalue weighted by atomic mass is 16.5. The van der Waals surface area contributed by atoms with E-state index in [4.69, 9.17) is 4.74 Å². The lowest BCUT2D eigenvalue weighted by Gasteiger charge is -2.19. The van der Waals surface area contributed by atoms with Crippen LogP contribution in [-0.4, -0.2) is 12.5 Å². The lowest BCUT2D eigenvalue weighted by molar-refractivity contribution is -0.114. The third kappa shape index (κ3) is 2.12. The van der Waals surface area contributed by atoms with E-state index in [-0.39, 0.29) is 5.91 Å². The standard InChI is InChI=1S/C12H15NO2/c1-8-6-12-10(4-3-5-15-12)7-11(8)13-9(2)14/h6-7H,3-5H2,1-2H3,(H,13,14). The van der Waals surface area contributed by atoms with Crippen molar-refractivity contribution >= 4 is 11.6 Å². The maximum absolute atomic E-state index is 11.0. The van der Waals surface area contributed by atoms with Crippen molar-refractivity contribution < 1.29 is 9.53 Å². The lowest BCUT2D eigenvalue weighted by atomic mass is 10.0. The molecule has 0 saturated heterocycles. The number of carbonyl (C=O) groups excluding carboxylic acids is 1. The average molecular weight is 205 g/mol. The summed E-state index contributed by atoms with van der Waals surface area (Å²) in [7, 11) is 0. The van der Waals surface area contributed by atoms with Crippen LogP contribution in [0.25, 0.3) is 0 Å². The third-order valence-corrected chi connectivity index (χ3v) is 2.57. The highest BCUT2D eigenvalue weighted by molar-refractivity contribution is 5.89. The maximum Gasteiger partial charge on any atom is 0.221 e. The third-order valence-electron chi connectivity index (χ3n) is 2.57. The Morgan fingerprint density at radius 2 is 2.27 bits per heavy atom. The van der Waals surface area contributed by atoms with Crippen LogP contribution in [0.2, 0.25) is 0 Å². The Morgan fingerprint density at radius 1 is 1.47 bits per heavy atom. The summed E-state index contributed by atoms with van der Waals surface area (Å²) in [6.07, 6.45) is 2.08.